The maximum absolute atomic E-state index is 13.9. The molecule has 0 aliphatic heterocycles. The lowest BCUT2D eigenvalue weighted by Gasteiger charge is -2.26. The third kappa shape index (κ3) is 3.58. The quantitative estimate of drug-likeness (QED) is 0.852. The van der Waals surface area contributed by atoms with Crippen molar-refractivity contribution >= 4 is 11.6 Å². The fourth-order valence-electron chi connectivity index (χ4n) is 2.26. The molecule has 0 radical (unpaired) electrons. The van der Waals surface area contributed by atoms with Crippen LogP contribution in [0.15, 0.2) is 48.5 Å². The van der Waals surface area contributed by atoms with Crippen LogP contribution < -0.4 is 16.4 Å². The van der Waals surface area contributed by atoms with Gasteiger partial charge in [0.1, 0.15) is 5.82 Å². The first kappa shape index (κ1) is 15.0. The topological polar surface area (TPSA) is 72.3 Å². The summed E-state index contributed by atoms with van der Waals surface area (Å²) < 4.78 is 13.9. The standard InChI is InChI=1S/C16H18FN3O/c17-13-7-4-8-14(15(13)16(19)21)20(10-9-18)11-12-5-2-1-3-6-12/h1-8H,9-11,18H2,(H2,19,21). The van der Waals surface area contributed by atoms with E-state index in [1.165, 1.54) is 6.07 Å². The van der Waals surface area contributed by atoms with E-state index in [2.05, 4.69) is 0 Å². The molecule has 0 saturated carbocycles. The third-order valence-electron chi connectivity index (χ3n) is 3.19. The van der Waals surface area contributed by atoms with Crippen molar-refractivity contribution in [2.24, 2.45) is 11.5 Å². The molecule has 5 heteroatoms. The summed E-state index contributed by atoms with van der Waals surface area (Å²) in [6.07, 6.45) is 0. The lowest BCUT2D eigenvalue weighted by Crippen LogP contribution is -2.31. The van der Waals surface area contributed by atoms with E-state index in [0.717, 1.165) is 5.56 Å². The van der Waals surface area contributed by atoms with Crippen molar-refractivity contribution in [2.75, 3.05) is 18.0 Å². The van der Waals surface area contributed by atoms with Gasteiger partial charge in [-0.2, -0.15) is 0 Å². The molecule has 0 fully saturated rings. The van der Waals surface area contributed by atoms with Crippen LogP contribution in [0.25, 0.3) is 0 Å². The zero-order valence-corrected chi connectivity index (χ0v) is 11.6. The normalized spacial score (nSPS) is 10.4. The smallest absolute Gasteiger partial charge is 0.253 e. The number of primary amides is 1. The average molecular weight is 287 g/mol. The van der Waals surface area contributed by atoms with Gasteiger partial charge >= 0.3 is 0 Å². The molecule has 0 unspecified atom stereocenters. The van der Waals surface area contributed by atoms with Crippen LogP contribution >= 0.6 is 0 Å². The Kier molecular flexibility index (Phi) is 4.90. The van der Waals surface area contributed by atoms with Gasteiger partial charge in [0.15, 0.2) is 0 Å². The highest BCUT2D eigenvalue weighted by atomic mass is 19.1. The molecule has 0 saturated heterocycles. The van der Waals surface area contributed by atoms with Crippen LogP contribution in [0.5, 0.6) is 0 Å². The predicted octanol–water partition coefficient (Wildman–Crippen LogP) is 1.89. The Morgan fingerprint density at radius 2 is 1.81 bits per heavy atom. The van der Waals surface area contributed by atoms with Gasteiger partial charge in [-0.05, 0) is 17.7 Å². The molecule has 2 aromatic carbocycles. The molecule has 0 spiro atoms. The molecular formula is C16H18FN3O. The second kappa shape index (κ2) is 6.85. The highest BCUT2D eigenvalue weighted by Gasteiger charge is 2.18. The number of carbonyl (C=O) groups excluding carboxylic acids is 1. The van der Waals surface area contributed by atoms with Gasteiger partial charge in [-0.1, -0.05) is 36.4 Å². The predicted molar refractivity (Wildman–Crippen MR) is 81.5 cm³/mol. The van der Waals surface area contributed by atoms with Gasteiger partial charge in [-0.15, -0.1) is 0 Å². The number of hydrogen-bond donors (Lipinski definition) is 2. The van der Waals surface area contributed by atoms with Gasteiger partial charge in [-0.25, -0.2) is 4.39 Å². The number of benzene rings is 2. The minimum absolute atomic E-state index is 0.0955. The van der Waals surface area contributed by atoms with Crippen LogP contribution in [0.2, 0.25) is 0 Å². The number of hydrogen-bond acceptors (Lipinski definition) is 3. The lowest BCUT2D eigenvalue weighted by atomic mass is 10.1. The van der Waals surface area contributed by atoms with Crippen LogP contribution in [0.4, 0.5) is 10.1 Å². The first-order valence-corrected chi connectivity index (χ1v) is 6.70. The van der Waals surface area contributed by atoms with E-state index in [0.29, 0.717) is 25.3 Å². The molecule has 0 aromatic heterocycles. The number of rotatable bonds is 6. The number of halogens is 1. The molecule has 2 rings (SSSR count). The van der Waals surface area contributed by atoms with Crippen molar-refractivity contribution in [3.05, 3.63) is 65.5 Å². The summed E-state index contributed by atoms with van der Waals surface area (Å²) in [5.74, 6) is -1.40. The second-order valence-electron chi connectivity index (χ2n) is 4.69. The first-order valence-electron chi connectivity index (χ1n) is 6.70. The molecule has 4 N–H and O–H groups in total. The fraction of sp³-hybridized carbons (Fsp3) is 0.188. The van der Waals surface area contributed by atoms with Gasteiger partial charge in [0, 0.05) is 19.6 Å². The Morgan fingerprint density at radius 3 is 2.43 bits per heavy atom. The third-order valence-corrected chi connectivity index (χ3v) is 3.19. The van der Waals surface area contributed by atoms with Gasteiger partial charge in [0.25, 0.3) is 5.91 Å². The van der Waals surface area contributed by atoms with Crippen molar-refractivity contribution in [3.63, 3.8) is 0 Å². The van der Waals surface area contributed by atoms with E-state index in [1.807, 2.05) is 35.2 Å². The van der Waals surface area contributed by atoms with Crippen molar-refractivity contribution in [1.29, 1.82) is 0 Å². The monoisotopic (exact) mass is 287 g/mol. The van der Waals surface area contributed by atoms with Crippen LogP contribution in [0.1, 0.15) is 15.9 Å². The number of nitrogens with two attached hydrogens (primary N) is 2. The van der Waals surface area contributed by atoms with Crippen LogP contribution in [0, 0.1) is 5.82 Å². The lowest BCUT2D eigenvalue weighted by molar-refractivity contribution is 0.0997. The van der Waals surface area contributed by atoms with E-state index < -0.39 is 11.7 Å². The summed E-state index contributed by atoms with van der Waals surface area (Å²) in [5.41, 5.74) is 12.4. The van der Waals surface area contributed by atoms with Gasteiger partial charge < -0.3 is 16.4 Å². The zero-order valence-electron chi connectivity index (χ0n) is 11.6. The summed E-state index contributed by atoms with van der Waals surface area (Å²) in [6, 6.07) is 14.2. The summed E-state index contributed by atoms with van der Waals surface area (Å²) in [4.78, 5) is 13.4. The molecule has 0 bridgehead atoms. The summed E-state index contributed by atoms with van der Waals surface area (Å²) in [6.45, 7) is 1.42. The van der Waals surface area contributed by atoms with E-state index >= 15 is 0 Å². The van der Waals surface area contributed by atoms with Crippen LogP contribution in [-0.2, 0) is 6.54 Å². The van der Waals surface area contributed by atoms with Crippen molar-refractivity contribution in [3.8, 4) is 0 Å². The summed E-state index contributed by atoms with van der Waals surface area (Å²) in [7, 11) is 0. The minimum Gasteiger partial charge on any atom is -0.365 e. The van der Waals surface area contributed by atoms with Crippen LogP contribution in [-0.4, -0.2) is 19.0 Å². The Balaban J connectivity index is 2.39. The molecule has 21 heavy (non-hydrogen) atoms. The maximum atomic E-state index is 13.9. The summed E-state index contributed by atoms with van der Waals surface area (Å²) >= 11 is 0. The van der Waals surface area contributed by atoms with Crippen molar-refractivity contribution < 1.29 is 9.18 Å². The van der Waals surface area contributed by atoms with E-state index in [-0.39, 0.29) is 5.56 Å². The van der Waals surface area contributed by atoms with Gasteiger partial charge in [0.05, 0.1) is 11.3 Å². The number of amides is 1. The fourth-order valence-corrected chi connectivity index (χ4v) is 2.26. The molecular weight excluding hydrogens is 269 g/mol. The second-order valence-corrected chi connectivity index (χ2v) is 4.69. The zero-order chi connectivity index (χ0) is 15.2. The van der Waals surface area contributed by atoms with Crippen molar-refractivity contribution in [1.82, 2.24) is 0 Å². The van der Waals surface area contributed by atoms with E-state index in [9.17, 15) is 9.18 Å². The number of nitrogens with zero attached hydrogens (tertiary/aromatic N) is 1. The van der Waals surface area contributed by atoms with E-state index in [1.54, 1.807) is 12.1 Å². The van der Waals surface area contributed by atoms with E-state index in [4.69, 9.17) is 11.5 Å². The average Bonchev–Trinajstić information content (AvgIpc) is 2.47. The van der Waals surface area contributed by atoms with Crippen molar-refractivity contribution in [2.45, 2.75) is 6.54 Å². The van der Waals surface area contributed by atoms with Gasteiger partial charge in [0.2, 0.25) is 0 Å². The number of anilines is 1. The Morgan fingerprint density at radius 1 is 1.10 bits per heavy atom. The SMILES string of the molecule is NCCN(Cc1ccccc1)c1cccc(F)c1C(N)=O. The largest absolute Gasteiger partial charge is 0.365 e. The molecule has 4 nitrogen and oxygen atoms in total. The molecule has 0 aliphatic carbocycles. The molecule has 2 aromatic rings. The highest BCUT2D eigenvalue weighted by Crippen LogP contribution is 2.24. The molecule has 0 atom stereocenters. The first-order chi connectivity index (χ1) is 10.1. The Hall–Kier alpha value is -2.40. The van der Waals surface area contributed by atoms with Gasteiger partial charge in [-0.3, -0.25) is 4.79 Å². The Bertz CT molecular complexity index is 616. The maximum Gasteiger partial charge on any atom is 0.253 e. The van der Waals surface area contributed by atoms with Crippen LogP contribution in [0.3, 0.4) is 0 Å². The molecule has 1 amide bonds. The minimum atomic E-state index is -0.779. The number of carbonyl (C=O) groups is 1. The molecule has 0 aliphatic rings. The molecule has 0 heterocycles. The Labute approximate surface area is 123 Å². The summed E-state index contributed by atoms with van der Waals surface area (Å²) in [5, 5.41) is 0. The molecule has 110 valence electrons. The highest BCUT2D eigenvalue weighted by molar-refractivity contribution is 5.99.